The van der Waals surface area contributed by atoms with E-state index in [0.717, 1.165) is 38.1 Å². The average molecular weight is 484 g/mol. The van der Waals surface area contributed by atoms with Gasteiger partial charge in [0.1, 0.15) is 26.0 Å². The van der Waals surface area contributed by atoms with Crippen molar-refractivity contribution in [1.82, 2.24) is 14.9 Å². The van der Waals surface area contributed by atoms with Crippen LogP contribution in [0.5, 0.6) is 0 Å². The van der Waals surface area contributed by atoms with Crippen LogP contribution in [0.3, 0.4) is 0 Å². The number of pyridine rings is 2. The van der Waals surface area contributed by atoms with Gasteiger partial charge in [-0.2, -0.15) is 0 Å². The molecule has 0 aliphatic heterocycles. The molecule has 10 heteroatoms. The highest BCUT2D eigenvalue weighted by molar-refractivity contribution is 7.21. The highest BCUT2D eigenvalue weighted by atomic mass is 32.1. The van der Waals surface area contributed by atoms with Crippen molar-refractivity contribution in [3.05, 3.63) is 44.4 Å². The molecule has 0 radical (unpaired) electrons. The number of hydrogen-bond donors (Lipinski definition) is 2. The van der Waals surface area contributed by atoms with E-state index in [1.54, 1.807) is 7.05 Å². The van der Waals surface area contributed by atoms with Crippen LogP contribution in [-0.2, 0) is 4.74 Å². The van der Waals surface area contributed by atoms with Crippen LogP contribution in [0, 0.1) is 27.7 Å². The van der Waals surface area contributed by atoms with Crippen molar-refractivity contribution in [2.75, 3.05) is 31.7 Å². The van der Waals surface area contributed by atoms with E-state index in [9.17, 15) is 9.59 Å². The number of carbonyl (C=O) groups is 2. The molecule has 0 saturated carbocycles. The van der Waals surface area contributed by atoms with Crippen LogP contribution in [0.1, 0.15) is 41.9 Å². The molecule has 4 rings (SSSR count). The van der Waals surface area contributed by atoms with Crippen molar-refractivity contribution < 1.29 is 14.3 Å². The molecule has 0 atom stereocenters. The summed E-state index contributed by atoms with van der Waals surface area (Å²) in [6, 6.07) is 3.87. The molecule has 1 amide bonds. The van der Waals surface area contributed by atoms with Crippen LogP contribution in [0.15, 0.2) is 12.1 Å². The Bertz CT molecular complexity index is 1420. The van der Waals surface area contributed by atoms with Gasteiger partial charge in [0.2, 0.25) is 0 Å². The molecule has 4 aromatic rings. The summed E-state index contributed by atoms with van der Waals surface area (Å²) in [5, 5.41) is 1.59. The van der Waals surface area contributed by atoms with Gasteiger partial charge >= 0.3 is 5.97 Å². The molecule has 0 unspecified atom stereocenters. The molecule has 0 aliphatic rings. The van der Waals surface area contributed by atoms with Gasteiger partial charge in [0.15, 0.2) is 0 Å². The Hall–Kier alpha value is -3.24. The summed E-state index contributed by atoms with van der Waals surface area (Å²) in [6.45, 7) is 7.94. The lowest BCUT2D eigenvalue weighted by molar-refractivity contribution is 0.0459. The second-order valence-corrected chi connectivity index (χ2v) is 10.1. The third kappa shape index (κ3) is 4.11. The number of amides is 1. The SMILES string of the molecule is Cc1cc(C)c2c(N)c(C(=O)OCCN(C)C(=O)c3sc4nc(C)cc(C)c4c3N)sc2n1. The van der Waals surface area contributed by atoms with Crippen LogP contribution >= 0.6 is 22.7 Å². The van der Waals surface area contributed by atoms with Crippen LogP contribution in [0.4, 0.5) is 11.4 Å². The van der Waals surface area contributed by atoms with Crippen LogP contribution in [0.2, 0.25) is 0 Å². The van der Waals surface area contributed by atoms with Gasteiger partial charge in [0, 0.05) is 29.2 Å². The van der Waals surface area contributed by atoms with E-state index in [0.29, 0.717) is 26.0 Å². The second-order valence-electron chi connectivity index (χ2n) is 8.07. The van der Waals surface area contributed by atoms with E-state index in [-0.39, 0.29) is 19.1 Å². The Labute approximate surface area is 199 Å². The molecule has 0 aromatic carbocycles. The van der Waals surface area contributed by atoms with Crippen molar-refractivity contribution in [3.63, 3.8) is 0 Å². The van der Waals surface area contributed by atoms with Gasteiger partial charge in [-0.3, -0.25) is 4.79 Å². The number of aryl methyl sites for hydroxylation is 4. The first-order valence-electron chi connectivity index (χ1n) is 10.3. The fourth-order valence-electron chi connectivity index (χ4n) is 3.86. The van der Waals surface area contributed by atoms with Crippen molar-refractivity contribution >= 4 is 66.4 Å². The number of fused-ring (bicyclic) bond motifs is 2. The number of hydrogen-bond acceptors (Lipinski definition) is 9. The first kappa shape index (κ1) is 22.9. The van der Waals surface area contributed by atoms with Crippen molar-refractivity contribution in [1.29, 1.82) is 0 Å². The van der Waals surface area contributed by atoms with E-state index in [1.165, 1.54) is 27.6 Å². The molecule has 8 nitrogen and oxygen atoms in total. The molecule has 0 saturated heterocycles. The Morgan fingerprint density at radius 2 is 1.39 bits per heavy atom. The molecule has 33 heavy (non-hydrogen) atoms. The third-order valence-electron chi connectivity index (χ3n) is 5.43. The molecule has 0 aliphatic carbocycles. The molecule has 4 aromatic heterocycles. The van der Waals surface area contributed by atoms with E-state index in [4.69, 9.17) is 16.2 Å². The van der Waals surface area contributed by atoms with E-state index < -0.39 is 5.97 Å². The smallest absolute Gasteiger partial charge is 0.350 e. The largest absolute Gasteiger partial charge is 0.460 e. The molecular formula is C23H25N5O3S2. The van der Waals surface area contributed by atoms with Crippen LogP contribution in [0.25, 0.3) is 20.4 Å². The lowest BCUT2D eigenvalue weighted by Gasteiger charge is -2.16. The molecule has 4 heterocycles. The minimum Gasteiger partial charge on any atom is -0.460 e. The highest BCUT2D eigenvalue weighted by Crippen LogP contribution is 2.36. The minimum atomic E-state index is -0.523. The van der Waals surface area contributed by atoms with Gasteiger partial charge in [0.05, 0.1) is 17.9 Å². The van der Waals surface area contributed by atoms with Crippen molar-refractivity contribution in [3.8, 4) is 0 Å². The second kappa shape index (κ2) is 8.60. The van der Waals surface area contributed by atoms with Gasteiger partial charge in [-0.1, -0.05) is 0 Å². The summed E-state index contributed by atoms with van der Waals surface area (Å²) in [5.41, 5.74) is 17.0. The van der Waals surface area contributed by atoms with Gasteiger partial charge in [-0.05, 0) is 51.0 Å². The monoisotopic (exact) mass is 483 g/mol. The van der Waals surface area contributed by atoms with Gasteiger partial charge < -0.3 is 21.1 Å². The van der Waals surface area contributed by atoms with Crippen LogP contribution in [-0.4, -0.2) is 46.9 Å². The topological polar surface area (TPSA) is 124 Å². The number of thiophene rings is 2. The molecule has 4 N–H and O–H groups in total. The maximum Gasteiger partial charge on any atom is 0.350 e. The van der Waals surface area contributed by atoms with E-state index in [2.05, 4.69) is 9.97 Å². The number of carbonyl (C=O) groups excluding carboxylic acids is 2. The number of nitrogens with zero attached hydrogens (tertiary/aromatic N) is 3. The number of ether oxygens (including phenoxy) is 1. The molecule has 0 bridgehead atoms. The summed E-state index contributed by atoms with van der Waals surface area (Å²) in [6.07, 6.45) is 0. The number of rotatable bonds is 5. The summed E-state index contributed by atoms with van der Waals surface area (Å²) in [4.78, 5) is 38.3. The van der Waals surface area contributed by atoms with Crippen molar-refractivity contribution in [2.24, 2.45) is 0 Å². The summed E-state index contributed by atoms with van der Waals surface area (Å²) in [5.74, 6) is -0.759. The molecule has 0 spiro atoms. The maximum atomic E-state index is 13.0. The van der Waals surface area contributed by atoms with Crippen molar-refractivity contribution in [2.45, 2.75) is 27.7 Å². The average Bonchev–Trinajstić information content (AvgIpc) is 3.24. The number of nitrogens with two attached hydrogens (primary N) is 2. The fourth-order valence-corrected chi connectivity index (χ4v) is 6.19. The molecule has 172 valence electrons. The van der Waals surface area contributed by atoms with E-state index >= 15 is 0 Å². The summed E-state index contributed by atoms with van der Waals surface area (Å²) < 4.78 is 5.42. The third-order valence-corrected chi connectivity index (χ3v) is 7.60. The number of aromatic nitrogens is 2. The van der Waals surface area contributed by atoms with Gasteiger partial charge in [-0.15, -0.1) is 22.7 Å². The lowest BCUT2D eigenvalue weighted by Crippen LogP contribution is -2.30. The predicted molar refractivity (Wildman–Crippen MR) is 134 cm³/mol. The zero-order valence-electron chi connectivity index (χ0n) is 19.1. The van der Waals surface area contributed by atoms with Gasteiger partial charge in [0.25, 0.3) is 5.91 Å². The first-order chi connectivity index (χ1) is 15.6. The number of esters is 1. The Morgan fingerprint density at radius 3 is 1.94 bits per heavy atom. The number of likely N-dealkylation sites (N-methyl/N-ethyl adjacent to an activating group) is 1. The highest BCUT2D eigenvalue weighted by Gasteiger charge is 2.23. The zero-order chi connectivity index (χ0) is 24.0. The predicted octanol–water partition coefficient (Wildman–Crippen LogP) is 4.23. The molecular weight excluding hydrogens is 458 g/mol. The molecule has 0 fully saturated rings. The number of nitrogen functional groups attached to an aromatic ring is 2. The van der Waals surface area contributed by atoms with E-state index in [1.807, 2.05) is 39.8 Å². The standard InChI is InChI=1S/C23H25N5O3S2/c1-10-8-12(3)26-20-14(10)16(24)18(32-20)22(29)28(5)6-7-31-23(30)19-17(25)15-11(2)9-13(4)27-21(15)33-19/h8-9H,6-7,24-25H2,1-5H3. The first-order valence-corrected chi connectivity index (χ1v) is 12.0. The minimum absolute atomic E-state index is 0.0291. The zero-order valence-corrected chi connectivity index (χ0v) is 20.7. The summed E-state index contributed by atoms with van der Waals surface area (Å²) in [7, 11) is 1.65. The summed E-state index contributed by atoms with van der Waals surface area (Å²) >= 11 is 2.49. The maximum absolute atomic E-state index is 13.0. The number of anilines is 2. The normalized spacial score (nSPS) is 11.3. The lowest BCUT2D eigenvalue weighted by atomic mass is 10.1. The Morgan fingerprint density at radius 1 is 0.909 bits per heavy atom. The quantitative estimate of drug-likeness (QED) is 0.407. The van der Waals surface area contributed by atoms with Crippen LogP contribution < -0.4 is 11.5 Å². The van der Waals surface area contributed by atoms with Gasteiger partial charge in [-0.25, -0.2) is 14.8 Å². The fraction of sp³-hybridized carbons (Fsp3) is 0.304. The Kier molecular flexibility index (Phi) is 5.98. The Balaban J connectivity index is 1.45.